The van der Waals surface area contributed by atoms with Gasteiger partial charge in [0, 0.05) is 17.9 Å². The molecule has 5 N–H and O–H groups in total. The average Bonchev–Trinajstić information content (AvgIpc) is 2.81. The van der Waals surface area contributed by atoms with E-state index in [1.54, 1.807) is 6.07 Å². The van der Waals surface area contributed by atoms with E-state index >= 15 is 0 Å². The molecule has 1 aromatic carbocycles. The van der Waals surface area contributed by atoms with Crippen LogP contribution in [0.4, 0.5) is 5.69 Å². The quantitative estimate of drug-likeness (QED) is 0.702. The lowest BCUT2D eigenvalue weighted by Gasteiger charge is -2.15. The van der Waals surface area contributed by atoms with Crippen molar-refractivity contribution in [3.05, 3.63) is 29.3 Å². The highest BCUT2D eigenvalue weighted by molar-refractivity contribution is 6.01. The van der Waals surface area contributed by atoms with Crippen molar-refractivity contribution in [3.63, 3.8) is 0 Å². The van der Waals surface area contributed by atoms with Gasteiger partial charge in [0.1, 0.15) is 0 Å². The fourth-order valence-corrected chi connectivity index (χ4v) is 1.90. The standard InChI is InChI=1S/C12H15N3O3/c13-11(16)7-1-2-9(12(14)17)10(5-7)15-8-3-4-18-6-8/h1-2,5,8,15H,3-4,6H2,(H2,13,16)(H2,14,17)/t8-/m0/s1. The summed E-state index contributed by atoms with van der Waals surface area (Å²) in [5.74, 6) is -1.09. The first-order valence-electron chi connectivity index (χ1n) is 5.66. The normalized spacial score (nSPS) is 18.6. The molecule has 1 saturated heterocycles. The van der Waals surface area contributed by atoms with Crippen LogP contribution < -0.4 is 16.8 Å². The van der Waals surface area contributed by atoms with Crippen molar-refractivity contribution in [2.75, 3.05) is 18.5 Å². The van der Waals surface area contributed by atoms with Gasteiger partial charge in [0.05, 0.1) is 18.2 Å². The molecule has 1 aliphatic heterocycles. The number of rotatable bonds is 4. The Kier molecular flexibility index (Phi) is 3.47. The highest BCUT2D eigenvalue weighted by Crippen LogP contribution is 2.20. The molecule has 1 aliphatic rings. The zero-order valence-electron chi connectivity index (χ0n) is 9.81. The summed E-state index contributed by atoms with van der Waals surface area (Å²) < 4.78 is 5.24. The third-order valence-corrected chi connectivity index (χ3v) is 2.86. The molecule has 0 aliphatic carbocycles. The molecule has 6 nitrogen and oxygen atoms in total. The lowest BCUT2D eigenvalue weighted by molar-refractivity contribution is 0.0989. The largest absolute Gasteiger partial charge is 0.379 e. The van der Waals surface area contributed by atoms with Crippen LogP contribution in [0.3, 0.4) is 0 Å². The van der Waals surface area contributed by atoms with Crippen LogP contribution in [0.25, 0.3) is 0 Å². The Morgan fingerprint density at radius 3 is 2.61 bits per heavy atom. The van der Waals surface area contributed by atoms with Gasteiger partial charge in [-0.05, 0) is 24.6 Å². The number of ether oxygens (including phenoxy) is 1. The van der Waals surface area contributed by atoms with Crippen molar-refractivity contribution in [2.24, 2.45) is 11.5 Å². The molecule has 0 spiro atoms. The molecule has 1 heterocycles. The predicted molar refractivity (Wildman–Crippen MR) is 66.3 cm³/mol. The molecule has 0 saturated carbocycles. The predicted octanol–water partition coefficient (Wildman–Crippen LogP) is 0.0852. The van der Waals surface area contributed by atoms with Gasteiger partial charge in [0.15, 0.2) is 0 Å². The molecule has 0 unspecified atom stereocenters. The topological polar surface area (TPSA) is 107 Å². The minimum absolute atomic E-state index is 0.117. The van der Waals surface area contributed by atoms with E-state index in [2.05, 4.69) is 5.32 Å². The molecule has 96 valence electrons. The monoisotopic (exact) mass is 249 g/mol. The molecule has 1 atom stereocenters. The number of nitrogens with one attached hydrogen (secondary N) is 1. The number of anilines is 1. The molecule has 0 aromatic heterocycles. The highest BCUT2D eigenvalue weighted by atomic mass is 16.5. The van der Waals surface area contributed by atoms with Crippen molar-refractivity contribution in [1.29, 1.82) is 0 Å². The Hall–Kier alpha value is -2.08. The van der Waals surface area contributed by atoms with Crippen LogP contribution in [-0.4, -0.2) is 31.1 Å². The van der Waals surface area contributed by atoms with Crippen molar-refractivity contribution in [1.82, 2.24) is 0 Å². The molecule has 0 bridgehead atoms. The molecular weight excluding hydrogens is 234 g/mol. The van der Waals surface area contributed by atoms with Gasteiger partial charge in [-0.25, -0.2) is 0 Å². The van der Waals surface area contributed by atoms with E-state index < -0.39 is 11.8 Å². The number of carbonyl (C=O) groups excluding carboxylic acids is 2. The van der Waals surface area contributed by atoms with Gasteiger partial charge >= 0.3 is 0 Å². The number of amides is 2. The second-order valence-corrected chi connectivity index (χ2v) is 4.19. The molecule has 0 radical (unpaired) electrons. The Morgan fingerprint density at radius 2 is 2.06 bits per heavy atom. The Labute approximate surface area is 104 Å². The molecule has 6 heteroatoms. The van der Waals surface area contributed by atoms with Crippen LogP contribution >= 0.6 is 0 Å². The molecule has 1 aromatic rings. The van der Waals surface area contributed by atoms with E-state index in [4.69, 9.17) is 16.2 Å². The van der Waals surface area contributed by atoms with Gasteiger partial charge in [-0.1, -0.05) is 0 Å². The number of carbonyl (C=O) groups is 2. The third-order valence-electron chi connectivity index (χ3n) is 2.86. The summed E-state index contributed by atoms with van der Waals surface area (Å²) in [6, 6.07) is 4.64. The molecule has 2 amide bonds. The first kappa shape index (κ1) is 12.4. The summed E-state index contributed by atoms with van der Waals surface area (Å²) in [5, 5.41) is 3.15. The SMILES string of the molecule is NC(=O)c1ccc(C(N)=O)c(N[C@H]2CCOC2)c1. The minimum atomic E-state index is -0.549. The highest BCUT2D eigenvalue weighted by Gasteiger charge is 2.18. The molecule has 1 fully saturated rings. The Bertz CT molecular complexity index is 481. The van der Waals surface area contributed by atoms with E-state index in [1.807, 2.05) is 0 Å². The minimum Gasteiger partial charge on any atom is -0.379 e. The van der Waals surface area contributed by atoms with Crippen LogP contribution in [0.5, 0.6) is 0 Å². The summed E-state index contributed by atoms with van der Waals surface area (Å²) in [6.07, 6.45) is 0.846. The van der Waals surface area contributed by atoms with Gasteiger partial charge in [-0.15, -0.1) is 0 Å². The van der Waals surface area contributed by atoms with Crippen LogP contribution in [0, 0.1) is 0 Å². The zero-order valence-corrected chi connectivity index (χ0v) is 9.81. The number of nitrogens with two attached hydrogens (primary N) is 2. The van der Waals surface area contributed by atoms with Crippen molar-refractivity contribution in [3.8, 4) is 0 Å². The van der Waals surface area contributed by atoms with Gasteiger partial charge in [0.2, 0.25) is 5.91 Å². The van der Waals surface area contributed by atoms with Crippen molar-refractivity contribution in [2.45, 2.75) is 12.5 Å². The summed E-state index contributed by atoms with van der Waals surface area (Å²) >= 11 is 0. The maximum atomic E-state index is 11.3. The molecular formula is C12H15N3O3. The number of hydrogen-bond donors (Lipinski definition) is 3. The van der Waals surface area contributed by atoms with E-state index in [1.165, 1.54) is 12.1 Å². The third kappa shape index (κ3) is 2.60. The first-order chi connectivity index (χ1) is 8.58. The molecule has 18 heavy (non-hydrogen) atoms. The second-order valence-electron chi connectivity index (χ2n) is 4.19. The van der Waals surface area contributed by atoms with E-state index in [0.717, 1.165) is 6.42 Å². The lowest BCUT2D eigenvalue weighted by Crippen LogP contribution is -2.23. The molecule has 2 rings (SSSR count). The number of benzene rings is 1. The van der Waals surface area contributed by atoms with Crippen LogP contribution in [0.15, 0.2) is 18.2 Å². The first-order valence-corrected chi connectivity index (χ1v) is 5.66. The second kappa shape index (κ2) is 5.05. The fourth-order valence-electron chi connectivity index (χ4n) is 1.90. The Morgan fingerprint density at radius 1 is 1.28 bits per heavy atom. The van der Waals surface area contributed by atoms with Crippen molar-refractivity contribution < 1.29 is 14.3 Å². The van der Waals surface area contributed by atoms with Gasteiger partial charge in [-0.3, -0.25) is 9.59 Å². The van der Waals surface area contributed by atoms with E-state index in [-0.39, 0.29) is 6.04 Å². The lowest BCUT2D eigenvalue weighted by atomic mass is 10.1. The van der Waals surface area contributed by atoms with Gasteiger partial charge < -0.3 is 21.5 Å². The van der Waals surface area contributed by atoms with Crippen LogP contribution in [-0.2, 0) is 4.74 Å². The van der Waals surface area contributed by atoms with Gasteiger partial charge in [0.25, 0.3) is 5.91 Å². The van der Waals surface area contributed by atoms with Gasteiger partial charge in [-0.2, -0.15) is 0 Å². The Balaban J connectivity index is 2.30. The van der Waals surface area contributed by atoms with Crippen LogP contribution in [0.1, 0.15) is 27.1 Å². The summed E-state index contributed by atoms with van der Waals surface area (Å²) in [4.78, 5) is 22.4. The fraction of sp³-hybridized carbons (Fsp3) is 0.333. The summed E-state index contributed by atoms with van der Waals surface area (Å²) in [5.41, 5.74) is 11.7. The van der Waals surface area contributed by atoms with E-state index in [9.17, 15) is 9.59 Å². The smallest absolute Gasteiger partial charge is 0.250 e. The summed E-state index contributed by atoms with van der Waals surface area (Å²) in [7, 11) is 0. The van der Waals surface area contributed by atoms with E-state index in [0.29, 0.717) is 30.0 Å². The zero-order chi connectivity index (χ0) is 13.1. The number of hydrogen-bond acceptors (Lipinski definition) is 4. The maximum Gasteiger partial charge on any atom is 0.250 e. The average molecular weight is 249 g/mol. The summed E-state index contributed by atoms with van der Waals surface area (Å²) in [6.45, 7) is 1.25. The van der Waals surface area contributed by atoms with Crippen molar-refractivity contribution >= 4 is 17.5 Å². The van der Waals surface area contributed by atoms with Crippen LogP contribution in [0.2, 0.25) is 0 Å². The maximum absolute atomic E-state index is 11.3. The number of primary amides is 2.